The summed E-state index contributed by atoms with van der Waals surface area (Å²) in [5, 5.41) is 12.7. The van der Waals surface area contributed by atoms with E-state index in [9.17, 15) is 5.26 Å². The molecule has 0 spiro atoms. The fourth-order valence-corrected chi connectivity index (χ4v) is 2.66. The average molecular weight is 329 g/mol. The van der Waals surface area contributed by atoms with E-state index in [1.54, 1.807) is 25.4 Å². The monoisotopic (exact) mass is 329 g/mol. The second kappa shape index (κ2) is 7.50. The summed E-state index contributed by atoms with van der Waals surface area (Å²) in [6.45, 7) is 2.06. The van der Waals surface area contributed by atoms with Gasteiger partial charge in [-0.1, -0.05) is 42.0 Å². The highest BCUT2D eigenvalue weighted by Crippen LogP contribution is 2.28. The largest absolute Gasteiger partial charge is 0.497 e. The number of nitrogens with one attached hydrogen (secondary N) is 1. The number of methoxy groups -OCH3 is 1. The molecule has 1 aromatic heterocycles. The molecule has 0 saturated carbocycles. The Labute approximate surface area is 147 Å². The Morgan fingerprint density at radius 1 is 1.00 bits per heavy atom. The molecule has 1 heterocycles. The van der Waals surface area contributed by atoms with Crippen molar-refractivity contribution < 1.29 is 4.74 Å². The number of aromatic nitrogens is 1. The fourth-order valence-electron chi connectivity index (χ4n) is 2.66. The van der Waals surface area contributed by atoms with Crippen LogP contribution in [0.2, 0.25) is 0 Å². The zero-order valence-corrected chi connectivity index (χ0v) is 14.2. The summed E-state index contributed by atoms with van der Waals surface area (Å²) >= 11 is 0. The summed E-state index contributed by atoms with van der Waals surface area (Å²) in [5.74, 6) is 1.38. The predicted molar refractivity (Wildman–Crippen MR) is 98.6 cm³/mol. The molecule has 1 unspecified atom stereocenters. The van der Waals surface area contributed by atoms with E-state index < -0.39 is 0 Å². The molecule has 1 N–H and O–H groups in total. The maximum atomic E-state index is 9.33. The van der Waals surface area contributed by atoms with E-state index >= 15 is 0 Å². The molecular weight excluding hydrogens is 310 g/mol. The summed E-state index contributed by atoms with van der Waals surface area (Å²) in [5.41, 5.74) is 3.89. The lowest BCUT2D eigenvalue weighted by atomic mass is 9.97. The summed E-state index contributed by atoms with van der Waals surface area (Å²) in [6, 6.07) is 21.8. The maximum absolute atomic E-state index is 9.33. The van der Waals surface area contributed by atoms with Crippen molar-refractivity contribution >= 4 is 5.82 Å². The Kier molecular flexibility index (Phi) is 4.96. The van der Waals surface area contributed by atoms with Gasteiger partial charge >= 0.3 is 0 Å². The first-order valence-corrected chi connectivity index (χ1v) is 8.03. The first-order valence-electron chi connectivity index (χ1n) is 8.03. The van der Waals surface area contributed by atoms with E-state index in [1.165, 1.54) is 5.56 Å². The van der Waals surface area contributed by atoms with Crippen molar-refractivity contribution in [3.63, 3.8) is 0 Å². The first-order chi connectivity index (χ1) is 12.2. The van der Waals surface area contributed by atoms with Crippen molar-refractivity contribution in [3.05, 3.63) is 89.1 Å². The van der Waals surface area contributed by atoms with Crippen molar-refractivity contribution in [3.8, 4) is 11.8 Å². The minimum absolute atomic E-state index is 0.117. The number of nitriles is 1. The highest BCUT2D eigenvalue weighted by molar-refractivity contribution is 5.54. The van der Waals surface area contributed by atoms with Gasteiger partial charge in [-0.15, -0.1) is 0 Å². The Hall–Kier alpha value is -3.32. The summed E-state index contributed by atoms with van der Waals surface area (Å²) < 4.78 is 5.25. The zero-order chi connectivity index (χ0) is 17.6. The van der Waals surface area contributed by atoms with Crippen molar-refractivity contribution in [2.75, 3.05) is 12.4 Å². The van der Waals surface area contributed by atoms with Gasteiger partial charge in [0.05, 0.1) is 18.7 Å². The standard InChI is InChI=1S/C21H19N3O/c1-15-5-7-16(8-6-15)20(17-9-11-19(25-2)12-10-17)24-21-18(14-22)4-3-13-23-21/h3-13,20H,1-2H3,(H,23,24). The lowest BCUT2D eigenvalue weighted by Gasteiger charge is -2.21. The molecule has 2 aromatic carbocycles. The molecule has 0 aliphatic heterocycles. The number of pyridine rings is 1. The van der Waals surface area contributed by atoms with Crippen LogP contribution in [0.4, 0.5) is 5.82 Å². The van der Waals surface area contributed by atoms with Crippen LogP contribution in [-0.4, -0.2) is 12.1 Å². The van der Waals surface area contributed by atoms with E-state index in [-0.39, 0.29) is 6.04 Å². The van der Waals surface area contributed by atoms with Crippen LogP contribution in [0.3, 0.4) is 0 Å². The molecule has 124 valence electrons. The van der Waals surface area contributed by atoms with Gasteiger partial charge in [-0.2, -0.15) is 5.26 Å². The topological polar surface area (TPSA) is 57.9 Å². The number of hydrogen-bond donors (Lipinski definition) is 1. The van der Waals surface area contributed by atoms with Crippen LogP contribution in [0.1, 0.15) is 28.3 Å². The molecule has 0 saturated heterocycles. The molecule has 0 bridgehead atoms. The normalized spacial score (nSPS) is 11.4. The molecule has 3 aromatic rings. The molecule has 25 heavy (non-hydrogen) atoms. The minimum atomic E-state index is -0.117. The van der Waals surface area contributed by atoms with Gasteiger partial charge in [-0.25, -0.2) is 4.98 Å². The lowest BCUT2D eigenvalue weighted by Crippen LogP contribution is -2.14. The molecular formula is C21H19N3O. The minimum Gasteiger partial charge on any atom is -0.497 e. The van der Waals surface area contributed by atoms with Gasteiger partial charge in [0.15, 0.2) is 0 Å². The Balaban J connectivity index is 2.02. The Morgan fingerprint density at radius 2 is 1.64 bits per heavy atom. The van der Waals surface area contributed by atoms with Crippen molar-refractivity contribution in [1.82, 2.24) is 4.98 Å². The van der Waals surface area contributed by atoms with E-state index in [2.05, 4.69) is 47.6 Å². The highest BCUT2D eigenvalue weighted by Gasteiger charge is 2.16. The molecule has 0 amide bonds. The third kappa shape index (κ3) is 3.78. The molecule has 0 fully saturated rings. The van der Waals surface area contributed by atoms with Crippen LogP contribution in [0, 0.1) is 18.3 Å². The molecule has 0 aliphatic carbocycles. The van der Waals surface area contributed by atoms with Gasteiger partial charge in [-0.3, -0.25) is 0 Å². The van der Waals surface area contributed by atoms with Gasteiger partial charge in [0, 0.05) is 6.20 Å². The van der Waals surface area contributed by atoms with Crippen molar-refractivity contribution in [1.29, 1.82) is 5.26 Å². The second-order valence-corrected chi connectivity index (χ2v) is 5.77. The molecule has 4 heteroatoms. The number of ether oxygens (including phenoxy) is 1. The van der Waals surface area contributed by atoms with Crippen molar-refractivity contribution in [2.24, 2.45) is 0 Å². The van der Waals surface area contributed by atoms with Crippen molar-refractivity contribution in [2.45, 2.75) is 13.0 Å². The molecule has 0 aliphatic rings. The van der Waals surface area contributed by atoms with Gasteiger partial charge in [0.1, 0.15) is 17.6 Å². The quantitative estimate of drug-likeness (QED) is 0.750. The van der Waals surface area contributed by atoms with Crippen LogP contribution in [-0.2, 0) is 0 Å². The number of nitrogens with zero attached hydrogens (tertiary/aromatic N) is 2. The van der Waals surface area contributed by atoms with E-state index in [0.717, 1.165) is 16.9 Å². The van der Waals surface area contributed by atoms with Crippen LogP contribution < -0.4 is 10.1 Å². The SMILES string of the molecule is COc1ccc(C(Nc2ncccc2C#N)c2ccc(C)cc2)cc1. The van der Waals surface area contributed by atoms with Crippen LogP contribution in [0.25, 0.3) is 0 Å². The van der Waals surface area contributed by atoms with Crippen LogP contribution >= 0.6 is 0 Å². The molecule has 0 radical (unpaired) electrons. The molecule has 1 atom stereocenters. The van der Waals surface area contributed by atoms with Crippen LogP contribution in [0.5, 0.6) is 5.75 Å². The van der Waals surface area contributed by atoms with Gasteiger partial charge in [0.2, 0.25) is 0 Å². The number of benzene rings is 2. The smallest absolute Gasteiger partial charge is 0.144 e. The number of hydrogen-bond acceptors (Lipinski definition) is 4. The third-order valence-corrected chi connectivity index (χ3v) is 4.07. The summed E-state index contributed by atoms with van der Waals surface area (Å²) in [6.07, 6.45) is 1.68. The number of anilines is 1. The van der Waals surface area contributed by atoms with E-state index in [1.807, 2.05) is 24.3 Å². The number of aryl methyl sites for hydroxylation is 1. The van der Waals surface area contributed by atoms with E-state index in [4.69, 9.17) is 4.74 Å². The number of rotatable bonds is 5. The summed E-state index contributed by atoms with van der Waals surface area (Å²) in [7, 11) is 1.65. The molecule has 3 rings (SSSR count). The Bertz CT molecular complexity index is 880. The fraction of sp³-hybridized carbons (Fsp3) is 0.143. The molecule has 4 nitrogen and oxygen atoms in total. The Morgan fingerprint density at radius 3 is 2.24 bits per heavy atom. The van der Waals surface area contributed by atoms with Gasteiger partial charge in [-0.05, 0) is 42.3 Å². The average Bonchev–Trinajstić information content (AvgIpc) is 2.67. The summed E-state index contributed by atoms with van der Waals surface area (Å²) in [4.78, 5) is 4.33. The lowest BCUT2D eigenvalue weighted by molar-refractivity contribution is 0.414. The third-order valence-electron chi connectivity index (χ3n) is 4.07. The van der Waals surface area contributed by atoms with E-state index in [0.29, 0.717) is 11.4 Å². The highest BCUT2D eigenvalue weighted by atomic mass is 16.5. The zero-order valence-electron chi connectivity index (χ0n) is 14.2. The maximum Gasteiger partial charge on any atom is 0.144 e. The predicted octanol–water partition coefficient (Wildman–Crippen LogP) is 4.47. The van der Waals surface area contributed by atoms with Gasteiger partial charge < -0.3 is 10.1 Å². The second-order valence-electron chi connectivity index (χ2n) is 5.77. The van der Waals surface area contributed by atoms with Gasteiger partial charge in [0.25, 0.3) is 0 Å². The van der Waals surface area contributed by atoms with Crippen LogP contribution in [0.15, 0.2) is 66.9 Å². The first kappa shape index (κ1) is 16.5.